The van der Waals surface area contributed by atoms with Crippen LogP contribution in [0.5, 0.6) is 0 Å². The fraction of sp³-hybridized carbons (Fsp3) is 0.300. The molecule has 1 fully saturated rings. The van der Waals surface area contributed by atoms with E-state index < -0.39 is 6.04 Å². The van der Waals surface area contributed by atoms with E-state index in [-0.39, 0.29) is 11.8 Å². The number of carbonyl (C=O) groups excluding carboxylic acids is 2. The molecule has 4 nitrogen and oxygen atoms in total. The lowest BCUT2D eigenvalue weighted by Crippen LogP contribution is -2.43. The number of amides is 2. The van der Waals surface area contributed by atoms with Gasteiger partial charge >= 0.3 is 0 Å². The zero-order chi connectivity index (χ0) is 17.1. The molecule has 24 heavy (non-hydrogen) atoms. The van der Waals surface area contributed by atoms with E-state index in [1.807, 2.05) is 62.4 Å². The Labute approximate surface area is 142 Å². The van der Waals surface area contributed by atoms with Crippen molar-refractivity contribution in [3.8, 4) is 0 Å². The molecule has 0 bridgehead atoms. The van der Waals surface area contributed by atoms with E-state index in [0.717, 1.165) is 23.2 Å². The van der Waals surface area contributed by atoms with Crippen molar-refractivity contribution >= 4 is 17.5 Å². The van der Waals surface area contributed by atoms with E-state index in [4.69, 9.17) is 0 Å². The van der Waals surface area contributed by atoms with Crippen LogP contribution in [-0.2, 0) is 4.79 Å². The van der Waals surface area contributed by atoms with Gasteiger partial charge in [-0.05, 0) is 51.0 Å². The summed E-state index contributed by atoms with van der Waals surface area (Å²) in [6.45, 7) is 4.62. The standard InChI is InChI=1S/C20H22N2O2/c1-14-5-9-16(10-6-14)20(24)22-13-3-4-18(22)19(23)21-17-11-7-15(2)8-12-17/h5-12,18H,3-4,13H2,1-2H3,(H,21,23)/t18-/m0/s1. The van der Waals surface area contributed by atoms with Crippen molar-refractivity contribution in [1.29, 1.82) is 0 Å². The molecule has 2 aromatic rings. The number of nitrogens with zero attached hydrogens (tertiary/aromatic N) is 1. The quantitative estimate of drug-likeness (QED) is 0.939. The smallest absolute Gasteiger partial charge is 0.254 e. The van der Waals surface area contributed by atoms with Crippen molar-refractivity contribution in [2.24, 2.45) is 0 Å². The van der Waals surface area contributed by atoms with Crippen LogP contribution in [0.15, 0.2) is 48.5 Å². The largest absolute Gasteiger partial charge is 0.327 e. The Hall–Kier alpha value is -2.62. The van der Waals surface area contributed by atoms with Crippen LogP contribution in [0.25, 0.3) is 0 Å². The highest BCUT2D eigenvalue weighted by atomic mass is 16.2. The van der Waals surface area contributed by atoms with Gasteiger partial charge in [-0.25, -0.2) is 0 Å². The van der Waals surface area contributed by atoms with E-state index in [1.54, 1.807) is 4.90 Å². The Balaban J connectivity index is 1.72. The maximum Gasteiger partial charge on any atom is 0.254 e. The molecule has 1 atom stereocenters. The number of rotatable bonds is 3. The molecule has 1 heterocycles. The Kier molecular flexibility index (Phi) is 4.65. The van der Waals surface area contributed by atoms with Gasteiger partial charge in [-0.15, -0.1) is 0 Å². The molecule has 1 aliphatic heterocycles. The van der Waals surface area contributed by atoms with Gasteiger partial charge in [-0.2, -0.15) is 0 Å². The lowest BCUT2D eigenvalue weighted by Gasteiger charge is -2.24. The summed E-state index contributed by atoms with van der Waals surface area (Å²) in [4.78, 5) is 27.0. The van der Waals surface area contributed by atoms with Crippen LogP contribution < -0.4 is 5.32 Å². The fourth-order valence-electron chi connectivity index (χ4n) is 3.01. The van der Waals surface area contributed by atoms with Gasteiger partial charge in [-0.3, -0.25) is 9.59 Å². The summed E-state index contributed by atoms with van der Waals surface area (Å²) in [6.07, 6.45) is 1.55. The third-order valence-corrected chi connectivity index (χ3v) is 4.43. The van der Waals surface area contributed by atoms with Gasteiger partial charge in [0.1, 0.15) is 6.04 Å². The summed E-state index contributed by atoms with van der Waals surface area (Å²) >= 11 is 0. The molecular weight excluding hydrogens is 300 g/mol. The van der Waals surface area contributed by atoms with Gasteiger partial charge in [0.25, 0.3) is 5.91 Å². The minimum atomic E-state index is -0.403. The molecule has 1 saturated heterocycles. The molecule has 0 saturated carbocycles. The molecule has 2 aromatic carbocycles. The molecule has 124 valence electrons. The Bertz CT molecular complexity index is 735. The zero-order valence-electron chi connectivity index (χ0n) is 14.1. The molecule has 0 unspecified atom stereocenters. The van der Waals surface area contributed by atoms with Gasteiger partial charge in [0.15, 0.2) is 0 Å². The lowest BCUT2D eigenvalue weighted by molar-refractivity contribution is -0.119. The maximum absolute atomic E-state index is 12.7. The maximum atomic E-state index is 12.7. The number of nitrogens with one attached hydrogen (secondary N) is 1. The van der Waals surface area contributed by atoms with Crippen LogP contribution in [0.3, 0.4) is 0 Å². The average Bonchev–Trinajstić information content (AvgIpc) is 3.07. The molecule has 4 heteroatoms. The summed E-state index contributed by atoms with van der Waals surface area (Å²) in [7, 11) is 0. The van der Waals surface area contributed by atoms with Crippen molar-refractivity contribution in [3.05, 3.63) is 65.2 Å². The molecule has 0 aromatic heterocycles. The van der Waals surface area contributed by atoms with Crippen molar-refractivity contribution in [1.82, 2.24) is 4.90 Å². The van der Waals surface area contributed by atoms with Gasteiger partial charge in [0, 0.05) is 17.8 Å². The van der Waals surface area contributed by atoms with Crippen LogP contribution in [-0.4, -0.2) is 29.3 Å². The number of benzene rings is 2. The number of hydrogen-bond acceptors (Lipinski definition) is 2. The van der Waals surface area contributed by atoms with Crippen LogP contribution in [0.1, 0.15) is 34.3 Å². The first-order valence-electron chi connectivity index (χ1n) is 8.30. The van der Waals surface area contributed by atoms with Crippen LogP contribution in [0, 0.1) is 13.8 Å². The number of carbonyl (C=O) groups is 2. The molecule has 1 aliphatic rings. The van der Waals surface area contributed by atoms with Crippen LogP contribution in [0.2, 0.25) is 0 Å². The Morgan fingerprint density at radius 1 is 0.958 bits per heavy atom. The summed E-state index contributed by atoms with van der Waals surface area (Å²) in [6, 6.07) is 14.8. The highest BCUT2D eigenvalue weighted by Crippen LogP contribution is 2.22. The first kappa shape index (κ1) is 16.2. The minimum Gasteiger partial charge on any atom is -0.327 e. The molecule has 0 spiro atoms. The van der Waals surface area contributed by atoms with Crippen molar-refractivity contribution in [2.45, 2.75) is 32.7 Å². The van der Waals surface area contributed by atoms with Gasteiger partial charge in [0.05, 0.1) is 0 Å². The van der Waals surface area contributed by atoms with E-state index in [9.17, 15) is 9.59 Å². The van der Waals surface area contributed by atoms with E-state index >= 15 is 0 Å². The molecular formula is C20H22N2O2. The van der Waals surface area contributed by atoms with Crippen molar-refractivity contribution in [3.63, 3.8) is 0 Å². The predicted molar refractivity (Wildman–Crippen MR) is 95.0 cm³/mol. The predicted octanol–water partition coefficient (Wildman–Crippen LogP) is 3.55. The second kappa shape index (κ2) is 6.87. The Morgan fingerprint density at radius 2 is 1.54 bits per heavy atom. The topological polar surface area (TPSA) is 49.4 Å². The van der Waals surface area contributed by atoms with E-state index in [1.165, 1.54) is 0 Å². The average molecular weight is 322 g/mol. The first-order chi connectivity index (χ1) is 11.5. The van der Waals surface area contributed by atoms with Crippen molar-refractivity contribution < 1.29 is 9.59 Å². The first-order valence-corrected chi connectivity index (χ1v) is 8.30. The molecule has 2 amide bonds. The fourth-order valence-corrected chi connectivity index (χ4v) is 3.01. The second-order valence-electron chi connectivity index (χ2n) is 6.38. The molecule has 3 rings (SSSR count). The van der Waals surface area contributed by atoms with Crippen LogP contribution in [0.4, 0.5) is 5.69 Å². The monoisotopic (exact) mass is 322 g/mol. The molecule has 0 aliphatic carbocycles. The molecule has 0 radical (unpaired) electrons. The highest BCUT2D eigenvalue weighted by molar-refractivity contribution is 6.01. The van der Waals surface area contributed by atoms with Gasteiger partial charge in [0.2, 0.25) is 5.91 Å². The normalized spacial score (nSPS) is 16.9. The van der Waals surface area contributed by atoms with Gasteiger partial charge < -0.3 is 10.2 Å². The number of anilines is 1. The lowest BCUT2D eigenvalue weighted by atomic mass is 10.1. The van der Waals surface area contributed by atoms with Crippen molar-refractivity contribution in [2.75, 3.05) is 11.9 Å². The minimum absolute atomic E-state index is 0.0726. The zero-order valence-corrected chi connectivity index (χ0v) is 14.1. The SMILES string of the molecule is Cc1ccc(NC(=O)[C@@H]2CCCN2C(=O)c2ccc(C)cc2)cc1. The second-order valence-corrected chi connectivity index (χ2v) is 6.38. The van der Waals surface area contributed by atoms with Crippen LogP contribution >= 0.6 is 0 Å². The Morgan fingerprint density at radius 3 is 2.17 bits per heavy atom. The van der Waals surface area contributed by atoms with E-state index in [0.29, 0.717) is 18.5 Å². The summed E-state index contributed by atoms with van der Waals surface area (Å²) in [5.74, 6) is -0.187. The third-order valence-electron chi connectivity index (χ3n) is 4.43. The number of hydrogen-bond donors (Lipinski definition) is 1. The number of likely N-dealkylation sites (tertiary alicyclic amines) is 1. The summed E-state index contributed by atoms with van der Waals surface area (Å²) in [5, 5.41) is 2.92. The van der Waals surface area contributed by atoms with Gasteiger partial charge in [-0.1, -0.05) is 35.4 Å². The highest BCUT2D eigenvalue weighted by Gasteiger charge is 2.34. The molecule has 1 N–H and O–H groups in total. The number of aryl methyl sites for hydroxylation is 2. The third kappa shape index (κ3) is 3.48. The summed E-state index contributed by atoms with van der Waals surface area (Å²) in [5.41, 5.74) is 3.66. The summed E-state index contributed by atoms with van der Waals surface area (Å²) < 4.78 is 0. The van der Waals surface area contributed by atoms with E-state index in [2.05, 4.69) is 5.32 Å².